The van der Waals surface area contributed by atoms with E-state index in [0.29, 0.717) is 24.5 Å². The second kappa shape index (κ2) is 9.71. The van der Waals surface area contributed by atoms with Crippen LogP contribution in [-0.2, 0) is 21.4 Å². The van der Waals surface area contributed by atoms with Gasteiger partial charge in [0.05, 0.1) is 12.0 Å². The molecule has 0 aliphatic carbocycles. The Morgan fingerprint density at radius 1 is 1.03 bits per heavy atom. The Morgan fingerprint density at radius 3 is 2.31 bits per heavy atom. The van der Waals surface area contributed by atoms with Gasteiger partial charge in [0.1, 0.15) is 5.75 Å². The summed E-state index contributed by atoms with van der Waals surface area (Å²) in [5.74, 6) is 0.545. The van der Waals surface area contributed by atoms with Gasteiger partial charge in [0.15, 0.2) is 0 Å². The summed E-state index contributed by atoms with van der Waals surface area (Å²) in [6.45, 7) is 1.50. The number of carbonyl (C=O) groups is 1. The minimum absolute atomic E-state index is 0.217. The van der Waals surface area contributed by atoms with Crippen molar-refractivity contribution in [1.29, 1.82) is 0 Å². The van der Waals surface area contributed by atoms with Gasteiger partial charge in [-0.15, -0.1) is 0 Å². The molecule has 7 heteroatoms. The number of sulfonamides is 1. The van der Waals surface area contributed by atoms with Crippen LogP contribution in [0.2, 0.25) is 0 Å². The minimum atomic E-state index is -3.43. The van der Waals surface area contributed by atoms with E-state index >= 15 is 0 Å². The van der Waals surface area contributed by atoms with Crippen molar-refractivity contribution in [3.05, 3.63) is 65.7 Å². The second-order valence-electron chi connectivity index (χ2n) is 6.93. The smallest absolute Gasteiger partial charge is 0.244 e. The normalized spacial score (nSPS) is 15.3. The predicted octanol–water partition coefficient (Wildman–Crippen LogP) is 3.20. The zero-order valence-electron chi connectivity index (χ0n) is 16.5. The van der Waals surface area contributed by atoms with Crippen molar-refractivity contribution >= 4 is 22.0 Å². The first-order valence-electron chi connectivity index (χ1n) is 9.68. The maximum atomic E-state index is 12.7. The zero-order chi connectivity index (χ0) is 20.7. The Bertz CT molecular complexity index is 945. The van der Waals surface area contributed by atoms with Crippen molar-refractivity contribution in [2.45, 2.75) is 30.7 Å². The fraction of sp³-hybridized carbons (Fsp3) is 0.318. The molecule has 3 rings (SSSR count). The Hall–Kier alpha value is -2.64. The molecule has 6 nitrogen and oxygen atoms in total. The van der Waals surface area contributed by atoms with E-state index in [2.05, 4.69) is 5.32 Å². The third-order valence-corrected chi connectivity index (χ3v) is 6.80. The molecule has 2 aromatic rings. The van der Waals surface area contributed by atoms with Crippen molar-refractivity contribution in [3.8, 4) is 5.75 Å². The fourth-order valence-electron chi connectivity index (χ4n) is 3.17. The summed E-state index contributed by atoms with van der Waals surface area (Å²) in [7, 11) is -1.82. The monoisotopic (exact) mass is 414 g/mol. The van der Waals surface area contributed by atoms with Gasteiger partial charge in [-0.3, -0.25) is 4.79 Å². The van der Waals surface area contributed by atoms with Crippen LogP contribution < -0.4 is 10.1 Å². The molecule has 0 bridgehead atoms. The zero-order valence-corrected chi connectivity index (χ0v) is 17.3. The van der Waals surface area contributed by atoms with Gasteiger partial charge in [0, 0.05) is 25.7 Å². The molecule has 0 aromatic heterocycles. The highest BCUT2D eigenvalue weighted by Crippen LogP contribution is 2.20. The van der Waals surface area contributed by atoms with Gasteiger partial charge in [-0.2, -0.15) is 4.31 Å². The number of carbonyl (C=O) groups excluding carboxylic acids is 1. The SMILES string of the molecule is COc1ccc(/C=C/C(=O)NCc2ccc(S(=O)(=O)N3CCCCC3)cc2)cc1. The number of hydrogen-bond donors (Lipinski definition) is 1. The molecular formula is C22H26N2O4S. The van der Waals surface area contributed by atoms with Crippen LogP contribution in [0.1, 0.15) is 30.4 Å². The number of ether oxygens (including phenoxy) is 1. The van der Waals surface area contributed by atoms with E-state index in [0.717, 1.165) is 36.1 Å². The molecule has 1 saturated heterocycles. The number of nitrogens with zero attached hydrogens (tertiary/aromatic N) is 1. The van der Waals surface area contributed by atoms with Gasteiger partial charge in [-0.25, -0.2) is 8.42 Å². The van der Waals surface area contributed by atoms with E-state index < -0.39 is 10.0 Å². The molecular weight excluding hydrogens is 388 g/mol. The lowest BCUT2D eigenvalue weighted by atomic mass is 10.2. The van der Waals surface area contributed by atoms with Crippen molar-refractivity contribution in [3.63, 3.8) is 0 Å². The average Bonchev–Trinajstić information content (AvgIpc) is 2.77. The number of hydrogen-bond acceptors (Lipinski definition) is 4. The van der Waals surface area contributed by atoms with E-state index in [1.807, 2.05) is 24.3 Å². The third kappa shape index (κ3) is 5.68. The Labute approximate surface area is 172 Å². The maximum Gasteiger partial charge on any atom is 0.244 e. The van der Waals surface area contributed by atoms with Gasteiger partial charge in [-0.1, -0.05) is 30.7 Å². The highest BCUT2D eigenvalue weighted by Gasteiger charge is 2.25. The summed E-state index contributed by atoms with van der Waals surface area (Å²) in [4.78, 5) is 12.3. The van der Waals surface area contributed by atoms with Gasteiger partial charge >= 0.3 is 0 Å². The highest BCUT2D eigenvalue weighted by molar-refractivity contribution is 7.89. The van der Waals surface area contributed by atoms with Crippen LogP contribution in [0.15, 0.2) is 59.5 Å². The van der Waals surface area contributed by atoms with Crippen molar-refractivity contribution in [2.24, 2.45) is 0 Å². The van der Waals surface area contributed by atoms with Crippen LogP contribution in [0.5, 0.6) is 5.75 Å². The summed E-state index contributed by atoms with van der Waals surface area (Å²) in [5, 5.41) is 2.80. The van der Waals surface area contributed by atoms with E-state index in [-0.39, 0.29) is 5.91 Å². The van der Waals surface area contributed by atoms with Gasteiger partial charge < -0.3 is 10.1 Å². The molecule has 1 aliphatic heterocycles. The van der Waals surface area contributed by atoms with E-state index in [1.165, 1.54) is 6.08 Å². The van der Waals surface area contributed by atoms with Crippen LogP contribution in [0.25, 0.3) is 6.08 Å². The molecule has 1 aliphatic rings. The lowest BCUT2D eigenvalue weighted by Crippen LogP contribution is -2.35. The summed E-state index contributed by atoms with van der Waals surface area (Å²) in [6.07, 6.45) is 6.10. The summed E-state index contributed by atoms with van der Waals surface area (Å²) < 4.78 is 32.0. The first-order valence-corrected chi connectivity index (χ1v) is 11.1. The van der Waals surface area contributed by atoms with Gasteiger partial charge in [0.25, 0.3) is 0 Å². The lowest BCUT2D eigenvalue weighted by molar-refractivity contribution is -0.116. The molecule has 1 fully saturated rings. The largest absolute Gasteiger partial charge is 0.497 e. The van der Waals surface area contributed by atoms with Crippen LogP contribution in [-0.4, -0.2) is 38.8 Å². The standard InChI is InChI=1S/C22H26N2O4S/c1-28-20-10-5-18(6-11-20)9-14-22(25)23-17-19-7-12-21(13-8-19)29(26,27)24-15-3-2-4-16-24/h5-14H,2-4,15-17H2,1H3,(H,23,25)/b14-9+. The Balaban J connectivity index is 1.54. The number of nitrogens with one attached hydrogen (secondary N) is 1. The average molecular weight is 415 g/mol. The quantitative estimate of drug-likeness (QED) is 0.706. The molecule has 0 atom stereocenters. The van der Waals surface area contributed by atoms with Crippen LogP contribution in [0.4, 0.5) is 0 Å². The van der Waals surface area contributed by atoms with Crippen molar-refractivity contribution < 1.29 is 17.9 Å². The molecule has 0 radical (unpaired) electrons. The molecule has 0 unspecified atom stereocenters. The highest BCUT2D eigenvalue weighted by atomic mass is 32.2. The first kappa shape index (κ1) is 21.1. The predicted molar refractivity (Wildman–Crippen MR) is 113 cm³/mol. The minimum Gasteiger partial charge on any atom is -0.497 e. The number of amides is 1. The van der Waals surface area contributed by atoms with Crippen LogP contribution >= 0.6 is 0 Å². The molecule has 1 N–H and O–H groups in total. The molecule has 0 spiro atoms. The summed E-state index contributed by atoms with van der Waals surface area (Å²) in [5.41, 5.74) is 1.74. The topological polar surface area (TPSA) is 75.7 Å². The molecule has 154 valence electrons. The van der Waals surface area contributed by atoms with Crippen molar-refractivity contribution in [1.82, 2.24) is 9.62 Å². The third-order valence-electron chi connectivity index (χ3n) is 4.89. The maximum absolute atomic E-state index is 12.7. The van der Waals surface area contributed by atoms with E-state index in [9.17, 15) is 13.2 Å². The van der Waals surface area contributed by atoms with E-state index in [4.69, 9.17) is 4.74 Å². The number of methoxy groups -OCH3 is 1. The lowest BCUT2D eigenvalue weighted by Gasteiger charge is -2.25. The Kier molecular flexibility index (Phi) is 7.06. The molecule has 1 heterocycles. The number of rotatable bonds is 7. The van der Waals surface area contributed by atoms with Gasteiger partial charge in [-0.05, 0) is 54.3 Å². The van der Waals surface area contributed by atoms with Crippen LogP contribution in [0.3, 0.4) is 0 Å². The second-order valence-corrected chi connectivity index (χ2v) is 8.87. The number of benzene rings is 2. The molecule has 2 aromatic carbocycles. The summed E-state index contributed by atoms with van der Waals surface area (Å²) >= 11 is 0. The molecule has 29 heavy (non-hydrogen) atoms. The first-order chi connectivity index (χ1) is 14.0. The number of piperidine rings is 1. The van der Waals surface area contributed by atoms with Crippen molar-refractivity contribution in [2.75, 3.05) is 20.2 Å². The van der Waals surface area contributed by atoms with E-state index in [1.54, 1.807) is 41.8 Å². The Morgan fingerprint density at radius 2 is 1.69 bits per heavy atom. The fourth-order valence-corrected chi connectivity index (χ4v) is 4.69. The molecule has 0 saturated carbocycles. The van der Waals surface area contributed by atoms with Gasteiger partial charge in [0.2, 0.25) is 15.9 Å². The summed E-state index contributed by atoms with van der Waals surface area (Å²) in [6, 6.07) is 14.1. The van der Waals surface area contributed by atoms with Crippen LogP contribution in [0, 0.1) is 0 Å². The molecule has 1 amide bonds.